The number of hydrogen-bond acceptors (Lipinski definition) is 10. The van der Waals surface area contributed by atoms with E-state index in [4.69, 9.17) is 18.9 Å². The molecule has 1 aromatic heterocycles. The molecule has 0 radical (unpaired) electrons. The van der Waals surface area contributed by atoms with Crippen LogP contribution in [0.25, 0.3) is 10.9 Å². The van der Waals surface area contributed by atoms with Crippen molar-refractivity contribution in [3.63, 3.8) is 0 Å². The molecule has 0 aliphatic carbocycles. The first-order valence-electron chi connectivity index (χ1n) is 19.4. The number of ether oxygens (including phenoxy) is 4. The molecule has 12 heteroatoms. The van der Waals surface area contributed by atoms with Crippen molar-refractivity contribution in [2.45, 2.75) is 91.8 Å². The van der Waals surface area contributed by atoms with Crippen LogP contribution in [0, 0.1) is 11.8 Å². The molecule has 54 heavy (non-hydrogen) atoms. The van der Waals surface area contributed by atoms with Crippen molar-refractivity contribution >= 4 is 34.4 Å². The number of carbonyl (C=O) groups is 3. The zero-order valence-electron chi connectivity index (χ0n) is 31.5. The van der Waals surface area contributed by atoms with Crippen molar-refractivity contribution in [2.24, 2.45) is 11.8 Å². The predicted octanol–water partition coefficient (Wildman–Crippen LogP) is 3.93. The van der Waals surface area contributed by atoms with E-state index in [-0.39, 0.29) is 17.7 Å². The van der Waals surface area contributed by atoms with Crippen LogP contribution in [-0.4, -0.2) is 108 Å². The van der Waals surface area contributed by atoms with E-state index in [1.807, 2.05) is 55.3 Å². The number of piperidine rings is 1. The lowest BCUT2D eigenvalue weighted by atomic mass is 9.56. The Balaban J connectivity index is 1.27. The minimum Gasteiger partial charge on any atom is -0.497 e. The number of aliphatic hydroxyl groups is 1. The highest BCUT2D eigenvalue weighted by Crippen LogP contribution is 2.77. The topological polar surface area (TPSA) is 134 Å². The number of fused-ring (bicyclic) bond motifs is 8. The number of H-pyrrole nitrogens is 1. The van der Waals surface area contributed by atoms with Crippen LogP contribution < -0.4 is 9.64 Å². The highest BCUT2D eigenvalue weighted by atomic mass is 16.6. The Morgan fingerprint density at radius 3 is 2.61 bits per heavy atom. The van der Waals surface area contributed by atoms with Crippen LogP contribution >= 0.6 is 0 Å². The van der Waals surface area contributed by atoms with Gasteiger partial charge in [-0.15, -0.1) is 0 Å². The first-order valence-corrected chi connectivity index (χ1v) is 19.4. The van der Waals surface area contributed by atoms with Crippen molar-refractivity contribution in [1.82, 2.24) is 14.8 Å². The molecule has 10 rings (SSSR count). The molecule has 5 unspecified atom stereocenters. The number of aromatic nitrogens is 1. The fourth-order valence-corrected chi connectivity index (χ4v) is 13.0. The maximum Gasteiger partial charge on any atom is 0.340 e. The van der Waals surface area contributed by atoms with Crippen LogP contribution in [0.3, 0.4) is 0 Å². The molecule has 2 spiro atoms. The number of para-hydroxylation sites is 1. The second kappa shape index (κ2) is 11.1. The molecule has 2 aromatic carbocycles. The van der Waals surface area contributed by atoms with Crippen molar-refractivity contribution in [3.05, 3.63) is 71.4 Å². The molecule has 10 atom stereocenters. The largest absolute Gasteiger partial charge is 0.497 e. The molecule has 0 saturated carbocycles. The number of aromatic amines is 1. The highest BCUT2D eigenvalue weighted by Gasteiger charge is 2.90. The summed E-state index contributed by atoms with van der Waals surface area (Å²) in [6, 6.07) is 12.8. The maximum atomic E-state index is 15.3. The average Bonchev–Trinajstić information content (AvgIpc) is 3.95. The van der Waals surface area contributed by atoms with Gasteiger partial charge in [0.15, 0.2) is 11.3 Å². The summed E-state index contributed by atoms with van der Waals surface area (Å²) in [7, 11) is 6.45. The molecule has 284 valence electrons. The molecule has 7 aliphatic rings. The van der Waals surface area contributed by atoms with Crippen molar-refractivity contribution in [3.8, 4) is 5.75 Å². The van der Waals surface area contributed by atoms with Gasteiger partial charge in [-0.25, -0.2) is 4.79 Å². The van der Waals surface area contributed by atoms with Gasteiger partial charge in [-0.3, -0.25) is 14.5 Å². The molecule has 2 N–H and O–H groups in total. The SMILES string of the molecule is CCC1(O)CCC2CN1CCc1c([nH]c3ccccc13)[C@@](C(=O)OC)(C1CC34c5ccc(OC)cc5N(C)[C@H]3[C@@]3(C(=O)OC)C[C@@H]5C=CC(=O)N1[C@]54O3)C2. The number of rotatable bonds is 5. The van der Waals surface area contributed by atoms with E-state index in [1.54, 1.807) is 13.2 Å². The molecular weight excluding hydrogens is 688 g/mol. The van der Waals surface area contributed by atoms with Crippen molar-refractivity contribution in [2.75, 3.05) is 46.4 Å². The number of carbonyl (C=O) groups excluding carboxylic acids is 3. The van der Waals surface area contributed by atoms with E-state index in [2.05, 4.69) is 26.9 Å². The van der Waals surface area contributed by atoms with Gasteiger partial charge in [0.2, 0.25) is 5.91 Å². The zero-order chi connectivity index (χ0) is 37.6. The van der Waals surface area contributed by atoms with Crippen LogP contribution in [0.15, 0.2) is 54.6 Å². The summed E-state index contributed by atoms with van der Waals surface area (Å²) in [6.07, 6.45) is 7.06. The Hall–Kier alpha value is -4.39. The van der Waals surface area contributed by atoms with Gasteiger partial charge < -0.3 is 38.8 Å². The van der Waals surface area contributed by atoms with E-state index in [1.165, 1.54) is 14.2 Å². The zero-order valence-corrected chi connectivity index (χ0v) is 31.5. The van der Waals surface area contributed by atoms with E-state index < -0.39 is 51.9 Å². The fraction of sp³-hybridized carbons (Fsp3) is 0.548. The Labute approximate surface area is 314 Å². The third kappa shape index (κ3) is 3.73. The molecule has 12 nitrogen and oxygen atoms in total. The lowest BCUT2D eigenvalue weighted by Crippen LogP contribution is -2.67. The molecule has 4 saturated heterocycles. The van der Waals surface area contributed by atoms with E-state index in [0.717, 1.165) is 33.4 Å². The summed E-state index contributed by atoms with van der Waals surface area (Å²) in [5.74, 6) is -0.807. The summed E-state index contributed by atoms with van der Waals surface area (Å²) in [5.41, 5.74) is -1.40. The number of benzene rings is 2. The monoisotopic (exact) mass is 736 g/mol. The summed E-state index contributed by atoms with van der Waals surface area (Å²) in [4.78, 5) is 54.4. The number of nitrogens with one attached hydrogen (secondary N) is 1. The van der Waals surface area contributed by atoms with Gasteiger partial charge in [0.1, 0.15) is 16.9 Å². The van der Waals surface area contributed by atoms with Gasteiger partial charge in [-0.05, 0) is 73.8 Å². The Kier molecular flexibility index (Phi) is 7.02. The normalized spacial score (nSPS) is 39.7. The molecule has 7 aliphatic heterocycles. The predicted molar refractivity (Wildman–Crippen MR) is 198 cm³/mol. The van der Waals surface area contributed by atoms with Crippen LogP contribution in [-0.2, 0) is 45.8 Å². The molecule has 4 bridgehead atoms. The summed E-state index contributed by atoms with van der Waals surface area (Å²) >= 11 is 0. The Morgan fingerprint density at radius 1 is 1.06 bits per heavy atom. The van der Waals surface area contributed by atoms with Gasteiger partial charge in [0.25, 0.3) is 0 Å². The smallest absolute Gasteiger partial charge is 0.340 e. The minimum absolute atomic E-state index is 0.00668. The standard InChI is InChI=1S/C42H48N4O8/c1-6-38(50)17-15-24-20-39(36(48)52-4,34-28(16-18-45(38)23-24)27-9-7-8-10-30(27)43-34)32-22-40-29-13-12-26(51-3)19-31(29)44(2)35(40)41(37(49)53-5)21-25-11-14-33(47)46(32)42(25,40)54-41/h7-14,19,24-25,32,35,43,50H,6,15-18,20-23H2,1-5H3/t24?,25-,32?,35+,38?,39-,40?,41+,42-/m0/s1. The van der Waals surface area contributed by atoms with E-state index in [0.29, 0.717) is 63.8 Å². The van der Waals surface area contributed by atoms with Crippen molar-refractivity contribution < 1.29 is 38.4 Å². The third-order valence-corrected chi connectivity index (χ3v) is 15.0. The number of hydrogen-bond donors (Lipinski definition) is 2. The highest BCUT2D eigenvalue weighted by molar-refractivity contribution is 5.97. The van der Waals surface area contributed by atoms with Crippen LogP contribution in [0.2, 0.25) is 0 Å². The number of methoxy groups -OCH3 is 3. The lowest BCUT2D eigenvalue weighted by Gasteiger charge is -2.51. The first-order chi connectivity index (χ1) is 26.0. The fourth-order valence-electron chi connectivity index (χ4n) is 13.0. The summed E-state index contributed by atoms with van der Waals surface area (Å²) in [6.45, 7) is 3.26. The van der Waals surface area contributed by atoms with Crippen molar-refractivity contribution in [1.29, 1.82) is 0 Å². The second-order valence-corrected chi connectivity index (χ2v) is 16.8. The van der Waals surface area contributed by atoms with Gasteiger partial charge >= 0.3 is 11.9 Å². The average molecular weight is 737 g/mol. The minimum atomic E-state index is -1.38. The summed E-state index contributed by atoms with van der Waals surface area (Å²) in [5, 5.41) is 12.9. The molecule has 3 aromatic rings. The van der Waals surface area contributed by atoms with Crippen LogP contribution in [0.1, 0.15) is 62.3 Å². The molecule has 8 heterocycles. The van der Waals surface area contributed by atoms with Crippen LogP contribution in [0.5, 0.6) is 5.75 Å². The number of likely N-dealkylation sites (N-methyl/N-ethyl adjacent to an activating group) is 1. The first kappa shape index (κ1) is 34.1. The van der Waals surface area contributed by atoms with E-state index in [9.17, 15) is 14.7 Å². The van der Waals surface area contributed by atoms with E-state index >= 15 is 4.79 Å². The number of nitrogens with zero attached hydrogens (tertiary/aromatic N) is 3. The van der Waals surface area contributed by atoms with Gasteiger partial charge in [-0.1, -0.05) is 37.3 Å². The Bertz CT molecular complexity index is 2170. The second-order valence-electron chi connectivity index (χ2n) is 16.8. The molecule has 1 amide bonds. The summed E-state index contributed by atoms with van der Waals surface area (Å²) < 4.78 is 24.6. The number of anilines is 1. The Morgan fingerprint density at radius 2 is 1.85 bits per heavy atom. The van der Waals surface area contributed by atoms with Gasteiger partial charge in [-0.2, -0.15) is 0 Å². The third-order valence-electron chi connectivity index (χ3n) is 15.0. The lowest BCUT2D eigenvalue weighted by molar-refractivity contribution is -0.195. The molecular formula is C42H48N4O8. The van der Waals surface area contributed by atoms with Crippen LogP contribution in [0.4, 0.5) is 5.69 Å². The maximum absolute atomic E-state index is 15.3. The molecule has 4 fully saturated rings. The number of amides is 1. The number of esters is 2. The van der Waals surface area contributed by atoms with Gasteiger partial charge in [0, 0.05) is 60.8 Å². The quantitative estimate of drug-likeness (QED) is 0.372. The van der Waals surface area contributed by atoms with Gasteiger partial charge in [0.05, 0.1) is 38.8 Å².